The molecule has 0 aliphatic carbocycles. The van der Waals surface area contributed by atoms with E-state index in [2.05, 4.69) is 76.7 Å². The number of rotatable bonds is 4. The molecule has 130 valence electrons. The number of aromatic amines is 1. The fourth-order valence-corrected chi connectivity index (χ4v) is 3.40. The number of fused-ring (bicyclic) bond motifs is 1. The van der Waals surface area contributed by atoms with Crippen LogP contribution in [-0.2, 0) is 6.54 Å². The predicted octanol–water partition coefficient (Wildman–Crippen LogP) is 4.59. The lowest BCUT2D eigenvalue weighted by Gasteiger charge is -2.06. The molecule has 6 nitrogen and oxygen atoms in total. The van der Waals surface area contributed by atoms with Crippen LogP contribution in [0.1, 0.15) is 16.1 Å². The van der Waals surface area contributed by atoms with Crippen LogP contribution in [0.15, 0.2) is 63.9 Å². The summed E-state index contributed by atoms with van der Waals surface area (Å²) < 4.78 is 3.00. The van der Waals surface area contributed by atoms with Crippen molar-refractivity contribution < 1.29 is 4.79 Å². The van der Waals surface area contributed by atoms with Crippen LogP contribution < -0.4 is 5.32 Å². The largest absolute Gasteiger partial charge is 0.318 e. The van der Waals surface area contributed by atoms with Crippen LogP contribution in [0.25, 0.3) is 10.8 Å². The van der Waals surface area contributed by atoms with Gasteiger partial charge < -0.3 is 5.32 Å². The van der Waals surface area contributed by atoms with Crippen molar-refractivity contribution in [2.45, 2.75) is 6.54 Å². The molecule has 0 saturated heterocycles. The number of nitrogens with zero attached hydrogens (tertiary/aromatic N) is 3. The lowest BCUT2D eigenvalue weighted by Crippen LogP contribution is -2.12. The van der Waals surface area contributed by atoms with Gasteiger partial charge in [-0.2, -0.15) is 10.2 Å². The first-order valence-corrected chi connectivity index (χ1v) is 9.40. The van der Waals surface area contributed by atoms with Gasteiger partial charge in [-0.25, -0.2) is 0 Å². The molecule has 4 rings (SSSR count). The summed E-state index contributed by atoms with van der Waals surface area (Å²) in [6.45, 7) is 0.620. The molecule has 0 fully saturated rings. The highest BCUT2D eigenvalue weighted by Crippen LogP contribution is 2.24. The zero-order valence-corrected chi connectivity index (χ0v) is 16.6. The van der Waals surface area contributed by atoms with Gasteiger partial charge in [-0.3, -0.25) is 14.6 Å². The van der Waals surface area contributed by atoms with Crippen molar-refractivity contribution in [3.63, 3.8) is 0 Å². The molecule has 0 bridgehead atoms. The number of nitrogens with one attached hydrogen (secondary N) is 2. The molecule has 0 radical (unpaired) electrons. The van der Waals surface area contributed by atoms with E-state index in [0.717, 1.165) is 0 Å². The molecule has 2 aromatic carbocycles. The van der Waals surface area contributed by atoms with E-state index in [0.29, 0.717) is 21.3 Å². The minimum atomic E-state index is -0.316. The molecular formula is C18H13Br2N5O. The Morgan fingerprint density at radius 2 is 1.96 bits per heavy atom. The van der Waals surface area contributed by atoms with Gasteiger partial charge in [0.05, 0.1) is 22.9 Å². The maximum Gasteiger partial charge on any atom is 0.277 e. The van der Waals surface area contributed by atoms with Crippen molar-refractivity contribution in [1.82, 2.24) is 20.0 Å². The third kappa shape index (κ3) is 3.30. The van der Waals surface area contributed by atoms with Crippen molar-refractivity contribution in [2.75, 3.05) is 5.32 Å². The van der Waals surface area contributed by atoms with E-state index in [1.165, 1.54) is 16.3 Å². The summed E-state index contributed by atoms with van der Waals surface area (Å²) in [6, 6.07) is 14.5. The van der Waals surface area contributed by atoms with Gasteiger partial charge in [0.1, 0.15) is 4.60 Å². The lowest BCUT2D eigenvalue weighted by atomic mass is 10.0. The predicted molar refractivity (Wildman–Crippen MR) is 107 cm³/mol. The van der Waals surface area contributed by atoms with E-state index >= 15 is 0 Å². The first-order chi connectivity index (χ1) is 12.6. The summed E-state index contributed by atoms with van der Waals surface area (Å²) in [5, 5.41) is 16.2. The summed E-state index contributed by atoms with van der Waals surface area (Å²) in [5.41, 5.74) is 2.06. The van der Waals surface area contributed by atoms with Gasteiger partial charge in [-0.1, -0.05) is 42.5 Å². The van der Waals surface area contributed by atoms with E-state index < -0.39 is 0 Å². The third-order valence-corrected chi connectivity index (χ3v) is 5.86. The second-order valence-corrected chi connectivity index (χ2v) is 7.31. The molecule has 2 aromatic heterocycles. The maximum atomic E-state index is 12.3. The number of hydrogen-bond acceptors (Lipinski definition) is 3. The van der Waals surface area contributed by atoms with E-state index in [-0.39, 0.29) is 11.6 Å². The second kappa shape index (κ2) is 7.05. The van der Waals surface area contributed by atoms with E-state index in [4.69, 9.17) is 0 Å². The summed E-state index contributed by atoms with van der Waals surface area (Å²) in [4.78, 5) is 12.3. The monoisotopic (exact) mass is 473 g/mol. The first-order valence-electron chi connectivity index (χ1n) is 7.81. The number of anilines is 1. The summed E-state index contributed by atoms with van der Waals surface area (Å²) in [7, 11) is 0. The van der Waals surface area contributed by atoms with Gasteiger partial charge in [-0.05, 0) is 48.2 Å². The van der Waals surface area contributed by atoms with Gasteiger partial charge in [0.25, 0.3) is 5.91 Å². The minimum Gasteiger partial charge on any atom is -0.318 e. The molecule has 0 aliphatic heterocycles. The van der Waals surface area contributed by atoms with Crippen LogP contribution in [0.3, 0.4) is 0 Å². The van der Waals surface area contributed by atoms with Crippen LogP contribution in [0.4, 0.5) is 5.69 Å². The third-order valence-electron chi connectivity index (χ3n) is 3.98. The van der Waals surface area contributed by atoms with Crippen molar-refractivity contribution >= 4 is 54.2 Å². The highest BCUT2D eigenvalue weighted by molar-refractivity contribution is 9.13. The fourth-order valence-electron chi connectivity index (χ4n) is 2.77. The molecule has 4 aromatic rings. The molecule has 0 saturated carbocycles. The van der Waals surface area contributed by atoms with Crippen molar-refractivity contribution in [3.05, 3.63) is 75.2 Å². The Labute approximate surface area is 165 Å². The normalized spacial score (nSPS) is 11.0. The van der Waals surface area contributed by atoms with E-state index in [1.807, 2.05) is 18.2 Å². The van der Waals surface area contributed by atoms with Crippen molar-refractivity contribution in [2.24, 2.45) is 0 Å². The molecule has 8 heteroatoms. The highest BCUT2D eigenvalue weighted by Gasteiger charge is 2.17. The van der Waals surface area contributed by atoms with Gasteiger partial charge in [-0.15, -0.1) is 0 Å². The molecule has 2 N–H and O–H groups in total. The molecule has 0 unspecified atom stereocenters. The average Bonchev–Trinajstić information content (AvgIpc) is 3.22. The van der Waals surface area contributed by atoms with Crippen molar-refractivity contribution in [3.8, 4) is 0 Å². The Kier molecular flexibility index (Phi) is 4.60. The van der Waals surface area contributed by atoms with Crippen LogP contribution in [-0.4, -0.2) is 25.9 Å². The number of hydrogen-bond donors (Lipinski definition) is 2. The van der Waals surface area contributed by atoms with Gasteiger partial charge in [0.15, 0.2) is 5.69 Å². The molecule has 0 aliphatic rings. The molecule has 26 heavy (non-hydrogen) atoms. The highest BCUT2D eigenvalue weighted by atomic mass is 79.9. The number of amides is 1. The minimum absolute atomic E-state index is 0.277. The summed E-state index contributed by atoms with van der Waals surface area (Å²) in [6.07, 6.45) is 3.42. The second-order valence-electron chi connectivity index (χ2n) is 5.72. The van der Waals surface area contributed by atoms with Crippen LogP contribution in [0.2, 0.25) is 0 Å². The maximum absolute atomic E-state index is 12.3. The number of halogens is 2. The van der Waals surface area contributed by atoms with Crippen LogP contribution in [0, 0.1) is 0 Å². The van der Waals surface area contributed by atoms with Crippen LogP contribution >= 0.6 is 31.9 Å². The van der Waals surface area contributed by atoms with Gasteiger partial charge in [0.2, 0.25) is 0 Å². The smallest absolute Gasteiger partial charge is 0.277 e. The summed E-state index contributed by atoms with van der Waals surface area (Å²) in [5.74, 6) is -0.316. The van der Waals surface area contributed by atoms with Gasteiger partial charge >= 0.3 is 0 Å². The Morgan fingerprint density at radius 3 is 2.77 bits per heavy atom. The van der Waals surface area contributed by atoms with E-state index in [9.17, 15) is 4.79 Å². The molecule has 0 atom stereocenters. The average molecular weight is 475 g/mol. The number of H-pyrrole nitrogens is 1. The number of carbonyl (C=O) groups excluding carboxylic acids is 1. The Hall–Kier alpha value is -2.45. The van der Waals surface area contributed by atoms with Crippen LogP contribution in [0.5, 0.6) is 0 Å². The number of aromatic nitrogens is 4. The Balaban J connectivity index is 1.53. The molecule has 1 amide bonds. The zero-order chi connectivity index (χ0) is 18.1. The fraction of sp³-hybridized carbons (Fsp3) is 0.0556. The number of carbonyl (C=O) groups is 1. The first kappa shape index (κ1) is 17.0. The zero-order valence-electron chi connectivity index (χ0n) is 13.4. The SMILES string of the molecule is O=C(Nc1cnn(Cc2cccc3ccccc23)c1)c1n[nH]c(Br)c1Br. The summed E-state index contributed by atoms with van der Waals surface area (Å²) >= 11 is 6.58. The topological polar surface area (TPSA) is 75.6 Å². The van der Waals surface area contributed by atoms with E-state index in [1.54, 1.807) is 17.1 Å². The van der Waals surface area contributed by atoms with Gasteiger partial charge in [0, 0.05) is 6.20 Å². The Morgan fingerprint density at radius 1 is 1.15 bits per heavy atom. The molecule has 2 heterocycles. The quantitative estimate of drug-likeness (QED) is 0.454. The number of benzene rings is 2. The standard InChI is InChI=1S/C18H13Br2N5O/c19-15-16(23-24-17(15)20)18(26)22-13-8-21-25(10-13)9-12-6-3-5-11-4-1-2-7-14(11)12/h1-8,10H,9H2,(H,22,26)(H,23,24). The van der Waals surface area contributed by atoms with Crippen molar-refractivity contribution in [1.29, 1.82) is 0 Å². The Bertz CT molecular complexity index is 1100. The molecule has 0 spiro atoms. The molecular weight excluding hydrogens is 462 g/mol. The lowest BCUT2D eigenvalue weighted by molar-refractivity contribution is 0.102.